The molecule has 3 nitrogen and oxygen atoms in total. The van der Waals surface area contributed by atoms with E-state index in [9.17, 15) is 0 Å². The van der Waals surface area contributed by atoms with Gasteiger partial charge in [0, 0.05) is 49.0 Å². The van der Waals surface area contributed by atoms with Crippen molar-refractivity contribution in [3.63, 3.8) is 0 Å². The van der Waals surface area contributed by atoms with E-state index in [4.69, 9.17) is 0 Å². The molecule has 3 rings (SSSR count). The lowest BCUT2D eigenvalue weighted by Gasteiger charge is -2.36. The van der Waals surface area contributed by atoms with Gasteiger partial charge in [0.2, 0.25) is 7.41 Å². The molecule has 1 aromatic heterocycles. The number of fused-ring (bicyclic) bond motifs is 1. The Hall–Kier alpha value is -1.42. The molecule has 2 heterocycles. The highest BCUT2D eigenvalue weighted by Gasteiger charge is 2.17. The quantitative estimate of drug-likeness (QED) is 0.788. The number of aromatic amines is 1. The van der Waals surface area contributed by atoms with Crippen LogP contribution in [0.1, 0.15) is 0 Å². The van der Waals surface area contributed by atoms with E-state index in [0.29, 0.717) is 0 Å². The molecular formula is C13H18BN3. The minimum absolute atomic E-state index is 1.14. The molecule has 1 saturated heterocycles. The smallest absolute Gasteiger partial charge is 0.201 e. The second-order valence-corrected chi connectivity index (χ2v) is 4.64. The van der Waals surface area contributed by atoms with Gasteiger partial charge in [-0.05, 0) is 18.2 Å². The SMILES string of the molecule is CBN1CCN(c2cccc3[nH]ccc23)CC1. The maximum absolute atomic E-state index is 3.28. The van der Waals surface area contributed by atoms with Crippen molar-refractivity contribution >= 4 is 24.0 Å². The summed E-state index contributed by atoms with van der Waals surface area (Å²) in [5.41, 5.74) is 2.61. The number of hydrogen-bond acceptors (Lipinski definition) is 2. The van der Waals surface area contributed by atoms with E-state index in [2.05, 4.69) is 45.8 Å². The molecule has 0 amide bonds. The first-order chi connectivity index (χ1) is 8.38. The highest BCUT2D eigenvalue weighted by molar-refractivity contribution is 6.29. The van der Waals surface area contributed by atoms with Crippen LogP contribution in [0.3, 0.4) is 0 Å². The zero-order chi connectivity index (χ0) is 11.7. The van der Waals surface area contributed by atoms with Gasteiger partial charge in [-0.25, -0.2) is 0 Å². The lowest BCUT2D eigenvalue weighted by atomic mass is 9.94. The lowest BCUT2D eigenvalue weighted by molar-refractivity contribution is 0.408. The number of piperazine rings is 1. The predicted octanol–water partition coefficient (Wildman–Crippen LogP) is 1.69. The summed E-state index contributed by atoms with van der Waals surface area (Å²) in [5, 5.41) is 1.34. The minimum atomic E-state index is 1.14. The summed E-state index contributed by atoms with van der Waals surface area (Å²) in [6.07, 6.45) is 2.02. The van der Waals surface area contributed by atoms with Crippen LogP contribution in [0.4, 0.5) is 5.69 Å². The van der Waals surface area contributed by atoms with E-state index in [1.165, 1.54) is 37.1 Å². The molecule has 0 bridgehead atoms. The molecule has 4 heteroatoms. The van der Waals surface area contributed by atoms with Gasteiger partial charge < -0.3 is 14.7 Å². The van der Waals surface area contributed by atoms with Crippen LogP contribution < -0.4 is 4.90 Å². The van der Waals surface area contributed by atoms with Crippen LogP contribution >= 0.6 is 0 Å². The first-order valence-electron chi connectivity index (χ1n) is 6.42. The first kappa shape index (κ1) is 10.7. The predicted molar refractivity (Wildman–Crippen MR) is 75.1 cm³/mol. The standard InChI is InChI=1S/C13H18BN3/c1-14-17-9-7-16(8-10-17)13-4-2-3-12-11(13)5-6-15-12/h2-6,14-15H,7-10H2,1H3. The van der Waals surface area contributed by atoms with Crippen LogP contribution in [0.2, 0.25) is 6.82 Å². The van der Waals surface area contributed by atoms with Crippen molar-refractivity contribution in [1.82, 2.24) is 9.79 Å². The van der Waals surface area contributed by atoms with Gasteiger partial charge in [-0.1, -0.05) is 12.9 Å². The van der Waals surface area contributed by atoms with E-state index >= 15 is 0 Å². The summed E-state index contributed by atoms with van der Waals surface area (Å²) in [6, 6.07) is 8.69. The molecule has 0 atom stereocenters. The van der Waals surface area contributed by atoms with E-state index in [0.717, 1.165) is 13.1 Å². The monoisotopic (exact) mass is 227 g/mol. The van der Waals surface area contributed by atoms with E-state index in [-0.39, 0.29) is 0 Å². The van der Waals surface area contributed by atoms with Crippen molar-refractivity contribution in [3.8, 4) is 0 Å². The molecule has 2 aromatic rings. The van der Waals surface area contributed by atoms with Crippen LogP contribution in [0, 0.1) is 0 Å². The van der Waals surface area contributed by atoms with Gasteiger partial charge in [0.05, 0.1) is 0 Å². The molecule has 17 heavy (non-hydrogen) atoms. The molecule has 1 fully saturated rings. The van der Waals surface area contributed by atoms with Gasteiger partial charge in [-0.2, -0.15) is 0 Å². The van der Waals surface area contributed by atoms with E-state index in [1.807, 2.05) is 6.20 Å². The third-order valence-electron chi connectivity index (χ3n) is 3.73. The summed E-state index contributed by atoms with van der Waals surface area (Å²) in [7, 11) is 1.17. The van der Waals surface area contributed by atoms with Gasteiger partial charge in [0.1, 0.15) is 0 Å². The van der Waals surface area contributed by atoms with Gasteiger partial charge in [0.15, 0.2) is 0 Å². The maximum atomic E-state index is 3.28. The Morgan fingerprint density at radius 1 is 1.12 bits per heavy atom. The molecule has 0 spiro atoms. The van der Waals surface area contributed by atoms with Crippen LogP contribution in [-0.4, -0.2) is 43.4 Å². The molecule has 0 unspecified atom stereocenters. The highest BCUT2D eigenvalue weighted by Crippen LogP contribution is 2.26. The van der Waals surface area contributed by atoms with Gasteiger partial charge in [-0.15, -0.1) is 0 Å². The third-order valence-corrected chi connectivity index (χ3v) is 3.73. The number of nitrogens with zero attached hydrogens (tertiary/aromatic N) is 2. The normalized spacial score (nSPS) is 17.6. The first-order valence-corrected chi connectivity index (χ1v) is 6.42. The Balaban J connectivity index is 1.87. The summed E-state index contributed by atoms with van der Waals surface area (Å²) in [5.74, 6) is 0. The van der Waals surface area contributed by atoms with Crippen molar-refractivity contribution in [1.29, 1.82) is 0 Å². The number of anilines is 1. The number of H-pyrrole nitrogens is 1. The molecule has 0 radical (unpaired) electrons. The Morgan fingerprint density at radius 3 is 2.71 bits per heavy atom. The summed E-state index contributed by atoms with van der Waals surface area (Å²) in [4.78, 5) is 8.29. The fraction of sp³-hybridized carbons (Fsp3) is 0.385. The van der Waals surface area contributed by atoms with Crippen molar-refractivity contribution < 1.29 is 0 Å². The largest absolute Gasteiger partial charge is 0.369 e. The van der Waals surface area contributed by atoms with Crippen LogP contribution in [0.25, 0.3) is 10.9 Å². The summed E-state index contributed by atoms with van der Waals surface area (Å²) < 4.78 is 0. The average Bonchev–Trinajstić information content (AvgIpc) is 2.87. The number of benzene rings is 1. The van der Waals surface area contributed by atoms with E-state index < -0.39 is 0 Å². The van der Waals surface area contributed by atoms with Crippen molar-refractivity contribution in [2.45, 2.75) is 6.82 Å². The number of aromatic nitrogens is 1. The molecule has 1 N–H and O–H groups in total. The summed E-state index contributed by atoms with van der Waals surface area (Å²) in [6.45, 7) is 6.87. The third kappa shape index (κ3) is 1.93. The average molecular weight is 227 g/mol. The zero-order valence-electron chi connectivity index (χ0n) is 10.3. The molecule has 88 valence electrons. The van der Waals surface area contributed by atoms with Gasteiger partial charge in [-0.3, -0.25) is 0 Å². The molecule has 1 aromatic carbocycles. The summed E-state index contributed by atoms with van der Waals surface area (Å²) >= 11 is 0. The Morgan fingerprint density at radius 2 is 1.94 bits per heavy atom. The molecule has 1 aliphatic heterocycles. The van der Waals surface area contributed by atoms with Crippen molar-refractivity contribution in [2.24, 2.45) is 0 Å². The van der Waals surface area contributed by atoms with Gasteiger partial charge in [0.25, 0.3) is 0 Å². The number of nitrogens with one attached hydrogen (secondary N) is 1. The minimum Gasteiger partial charge on any atom is -0.369 e. The van der Waals surface area contributed by atoms with Crippen molar-refractivity contribution in [3.05, 3.63) is 30.5 Å². The lowest BCUT2D eigenvalue weighted by Crippen LogP contribution is -2.47. The molecular weight excluding hydrogens is 209 g/mol. The number of rotatable bonds is 2. The second-order valence-electron chi connectivity index (χ2n) is 4.64. The fourth-order valence-electron chi connectivity index (χ4n) is 2.65. The topological polar surface area (TPSA) is 22.3 Å². The zero-order valence-corrected chi connectivity index (χ0v) is 10.3. The molecule has 0 aliphatic carbocycles. The van der Waals surface area contributed by atoms with Crippen LogP contribution in [0.15, 0.2) is 30.5 Å². The molecule has 1 aliphatic rings. The van der Waals surface area contributed by atoms with Gasteiger partial charge >= 0.3 is 0 Å². The van der Waals surface area contributed by atoms with Crippen LogP contribution in [0.5, 0.6) is 0 Å². The second kappa shape index (κ2) is 4.45. The van der Waals surface area contributed by atoms with Crippen LogP contribution in [-0.2, 0) is 0 Å². The highest BCUT2D eigenvalue weighted by atomic mass is 15.2. The number of hydrogen-bond donors (Lipinski definition) is 1. The Labute approximate surface area is 103 Å². The maximum Gasteiger partial charge on any atom is 0.201 e. The molecule has 0 saturated carbocycles. The Bertz CT molecular complexity index is 500. The fourth-order valence-corrected chi connectivity index (χ4v) is 2.65. The Kier molecular flexibility index (Phi) is 2.81. The van der Waals surface area contributed by atoms with Crippen molar-refractivity contribution in [2.75, 3.05) is 31.1 Å². The van der Waals surface area contributed by atoms with E-state index in [1.54, 1.807) is 0 Å².